The molecule has 1 N–H and O–H groups in total. The molecule has 1 aliphatic rings. The van der Waals surface area contributed by atoms with Crippen molar-refractivity contribution in [2.24, 2.45) is 5.92 Å². The lowest BCUT2D eigenvalue weighted by Crippen LogP contribution is -2.53. The summed E-state index contributed by atoms with van der Waals surface area (Å²) in [4.78, 5) is 23.2. The van der Waals surface area contributed by atoms with Crippen LogP contribution in [0.2, 0.25) is 0 Å². The van der Waals surface area contributed by atoms with E-state index >= 15 is 0 Å². The molecule has 1 heterocycles. The molecule has 0 aromatic heterocycles. The van der Waals surface area contributed by atoms with Crippen LogP contribution in [0.5, 0.6) is 0 Å². The fraction of sp³-hybridized carbons (Fsp3) is 0.857. The topological polar surface area (TPSA) is 58.6 Å². The minimum absolute atomic E-state index is 0.130. The van der Waals surface area contributed by atoms with Crippen LogP contribution in [0.1, 0.15) is 41.5 Å². The molecule has 0 aliphatic carbocycles. The van der Waals surface area contributed by atoms with E-state index in [9.17, 15) is 9.59 Å². The van der Waals surface area contributed by atoms with Crippen molar-refractivity contribution in [2.75, 3.05) is 19.6 Å². The molecule has 1 unspecified atom stereocenters. The highest BCUT2D eigenvalue weighted by Gasteiger charge is 2.24. The highest BCUT2D eigenvalue weighted by atomic mass is 16.5. The number of nitrogens with zero attached hydrogens (tertiary/aromatic N) is 1. The lowest BCUT2D eigenvalue weighted by molar-refractivity contribution is -0.139. The van der Waals surface area contributed by atoms with E-state index in [1.54, 1.807) is 0 Å². The normalized spacial score (nSPS) is 19.5. The van der Waals surface area contributed by atoms with E-state index in [2.05, 4.69) is 17.0 Å². The van der Waals surface area contributed by atoms with Gasteiger partial charge in [0.25, 0.3) is 6.47 Å². The molecule has 1 atom stereocenters. The molecule has 112 valence electrons. The summed E-state index contributed by atoms with van der Waals surface area (Å²) in [5.41, 5.74) is -0.318. The molecule has 0 saturated carbocycles. The van der Waals surface area contributed by atoms with Crippen LogP contribution in [0, 0.1) is 5.92 Å². The summed E-state index contributed by atoms with van der Waals surface area (Å²) in [5, 5.41) is 3.26. The van der Waals surface area contributed by atoms with Crippen LogP contribution in [0.4, 0.5) is 0 Å². The molecule has 1 rings (SSSR count). The fourth-order valence-electron chi connectivity index (χ4n) is 1.64. The standard InChI is InChI=1S/C9H18N2O.C5H10O2/c1-7(2)9(12)11-5-4-10-6-8(11)3;1-5(2,3)7-4-6/h7-8,10H,4-6H2,1-3H3;4H,1-3H3. The number of carbonyl (C=O) groups is 2. The van der Waals surface area contributed by atoms with Crippen molar-refractivity contribution in [3.63, 3.8) is 0 Å². The van der Waals surface area contributed by atoms with Gasteiger partial charge < -0.3 is 15.0 Å². The van der Waals surface area contributed by atoms with Gasteiger partial charge in [0.1, 0.15) is 5.60 Å². The third-order valence-corrected chi connectivity index (χ3v) is 2.68. The molecule has 5 heteroatoms. The maximum Gasteiger partial charge on any atom is 0.293 e. The first kappa shape index (κ1) is 17.9. The van der Waals surface area contributed by atoms with E-state index in [4.69, 9.17) is 0 Å². The second-order valence-electron chi connectivity index (χ2n) is 6.07. The SMILES string of the molecule is CC(C)(C)OC=O.CC(C)C(=O)N1CCNCC1C. The molecule has 1 aliphatic heterocycles. The van der Waals surface area contributed by atoms with Gasteiger partial charge in [-0.05, 0) is 27.7 Å². The van der Waals surface area contributed by atoms with Crippen LogP contribution >= 0.6 is 0 Å². The maximum absolute atomic E-state index is 11.6. The Kier molecular flexibility index (Phi) is 7.68. The maximum atomic E-state index is 11.6. The van der Waals surface area contributed by atoms with Crippen molar-refractivity contribution in [3.8, 4) is 0 Å². The molecule has 0 spiro atoms. The zero-order valence-corrected chi connectivity index (χ0v) is 13.0. The van der Waals surface area contributed by atoms with Gasteiger partial charge in [-0.15, -0.1) is 0 Å². The third kappa shape index (κ3) is 7.82. The second-order valence-corrected chi connectivity index (χ2v) is 6.07. The lowest BCUT2D eigenvalue weighted by Gasteiger charge is -2.35. The van der Waals surface area contributed by atoms with Crippen LogP contribution in [-0.4, -0.2) is 48.6 Å². The molecule has 0 radical (unpaired) electrons. The van der Waals surface area contributed by atoms with Gasteiger partial charge in [0.05, 0.1) is 0 Å². The average Bonchev–Trinajstić information content (AvgIpc) is 2.28. The summed E-state index contributed by atoms with van der Waals surface area (Å²) in [5.74, 6) is 0.412. The van der Waals surface area contributed by atoms with Gasteiger partial charge in [0.15, 0.2) is 0 Å². The monoisotopic (exact) mass is 272 g/mol. The molecule has 0 bridgehead atoms. The van der Waals surface area contributed by atoms with E-state index in [0.717, 1.165) is 19.6 Å². The van der Waals surface area contributed by atoms with Crippen molar-refractivity contribution in [1.29, 1.82) is 0 Å². The number of rotatable bonds is 2. The van der Waals surface area contributed by atoms with E-state index in [1.165, 1.54) is 0 Å². The Morgan fingerprint density at radius 3 is 2.32 bits per heavy atom. The Hall–Kier alpha value is -1.10. The van der Waals surface area contributed by atoms with Crippen LogP contribution in [0.25, 0.3) is 0 Å². The highest BCUT2D eigenvalue weighted by molar-refractivity contribution is 5.78. The second kappa shape index (κ2) is 8.15. The van der Waals surface area contributed by atoms with Gasteiger partial charge in [-0.1, -0.05) is 13.8 Å². The number of piperazine rings is 1. The minimum atomic E-state index is -0.318. The zero-order valence-electron chi connectivity index (χ0n) is 13.0. The zero-order chi connectivity index (χ0) is 15.1. The summed E-state index contributed by atoms with van der Waals surface area (Å²) in [6.45, 7) is 14.6. The first-order chi connectivity index (χ1) is 8.69. The van der Waals surface area contributed by atoms with Gasteiger partial charge in [-0.25, -0.2) is 0 Å². The van der Waals surface area contributed by atoms with E-state index < -0.39 is 0 Å². The van der Waals surface area contributed by atoms with Crippen molar-refractivity contribution >= 4 is 12.4 Å². The van der Waals surface area contributed by atoms with E-state index in [1.807, 2.05) is 39.5 Å². The first-order valence-electron chi connectivity index (χ1n) is 6.81. The van der Waals surface area contributed by atoms with E-state index in [0.29, 0.717) is 12.5 Å². The summed E-state index contributed by atoms with van der Waals surface area (Å²) >= 11 is 0. The molecule has 19 heavy (non-hydrogen) atoms. The summed E-state index contributed by atoms with van der Waals surface area (Å²) in [7, 11) is 0. The van der Waals surface area contributed by atoms with Crippen molar-refractivity contribution < 1.29 is 14.3 Å². The largest absolute Gasteiger partial charge is 0.462 e. The molecule has 1 fully saturated rings. The number of hydrogen-bond acceptors (Lipinski definition) is 4. The molecule has 1 amide bonds. The predicted octanol–water partition coefficient (Wildman–Crippen LogP) is 1.42. The van der Waals surface area contributed by atoms with Gasteiger partial charge in [-0.3, -0.25) is 9.59 Å². The van der Waals surface area contributed by atoms with Crippen LogP contribution in [0.3, 0.4) is 0 Å². The quantitative estimate of drug-likeness (QED) is 0.772. The van der Waals surface area contributed by atoms with Crippen LogP contribution < -0.4 is 5.32 Å². The molecular weight excluding hydrogens is 244 g/mol. The number of nitrogens with one attached hydrogen (secondary N) is 1. The number of ether oxygens (including phenoxy) is 1. The molecule has 1 saturated heterocycles. The van der Waals surface area contributed by atoms with Crippen molar-refractivity contribution in [1.82, 2.24) is 10.2 Å². The van der Waals surface area contributed by atoms with Crippen molar-refractivity contribution in [2.45, 2.75) is 53.2 Å². The highest BCUT2D eigenvalue weighted by Crippen LogP contribution is 2.07. The van der Waals surface area contributed by atoms with E-state index in [-0.39, 0.29) is 17.4 Å². The Bertz CT molecular complexity index is 285. The third-order valence-electron chi connectivity index (χ3n) is 2.68. The molecule has 0 aromatic carbocycles. The smallest absolute Gasteiger partial charge is 0.293 e. The Balaban J connectivity index is 0.000000399. The lowest BCUT2D eigenvalue weighted by atomic mass is 10.1. The Labute approximate surface area is 116 Å². The predicted molar refractivity (Wildman–Crippen MR) is 75.8 cm³/mol. The minimum Gasteiger partial charge on any atom is -0.462 e. The molecular formula is C14H28N2O3. The van der Waals surface area contributed by atoms with Gasteiger partial charge >= 0.3 is 0 Å². The number of carbonyl (C=O) groups excluding carboxylic acids is 2. The first-order valence-corrected chi connectivity index (χ1v) is 6.81. The fourth-order valence-corrected chi connectivity index (χ4v) is 1.64. The number of hydrogen-bond donors (Lipinski definition) is 1. The molecule has 0 aromatic rings. The van der Waals surface area contributed by atoms with Crippen LogP contribution in [0.15, 0.2) is 0 Å². The van der Waals surface area contributed by atoms with Gasteiger partial charge in [0.2, 0.25) is 5.91 Å². The summed E-state index contributed by atoms with van der Waals surface area (Å²) < 4.78 is 4.55. The van der Waals surface area contributed by atoms with Gasteiger partial charge in [-0.2, -0.15) is 0 Å². The average molecular weight is 272 g/mol. The van der Waals surface area contributed by atoms with Gasteiger partial charge in [0, 0.05) is 31.6 Å². The van der Waals surface area contributed by atoms with Crippen molar-refractivity contribution in [3.05, 3.63) is 0 Å². The summed E-state index contributed by atoms with van der Waals surface area (Å²) in [6.07, 6.45) is 0. The summed E-state index contributed by atoms with van der Waals surface area (Å²) in [6, 6.07) is 0.355. The Morgan fingerprint density at radius 1 is 1.42 bits per heavy atom. The Morgan fingerprint density at radius 2 is 2.00 bits per heavy atom. The van der Waals surface area contributed by atoms with Crippen LogP contribution in [-0.2, 0) is 14.3 Å². The number of amides is 1. The molecule has 5 nitrogen and oxygen atoms in total.